The van der Waals surface area contributed by atoms with Crippen molar-refractivity contribution in [1.29, 1.82) is 0 Å². The van der Waals surface area contributed by atoms with E-state index in [-0.39, 0.29) is 18.0 Å². The summed E-state index contributed by atoms with van der Waals surface area (Å²) in [6.07, 6.45) is 1.61. The average Bonchev–Trinajstić information content (AvgIpc) is 2.83. The van der Waals surface area contributed by atoms with Gasteiger partial charge in [0.05, 0.1) is 5.69 Å². The van der Waals surface area contributed by atoms with Crippen molar-refractivity contribution in [1.82, 2.24) is 4.90 Å². The first kappa shape index (κ1) is 11.8. The Morgan fingerprint density at radius 2 is 1.78 bits per heavy atom. The van der Waals surface area contributed by atoms with Gasteiger partial charge < -0.3 is 4.90 Å². The van der Waals surface area contributed by atoms with Crippen molar-refractivity contribution < 1.29 is 9.59 Å². The third-order valence-electron chi connectivity index (χ3n) is 3.30. The summed E-state index contributed by atoms with van der Waals surface area (Å²) in [6.45, 7) is 0.639. The van der Waals surface area contributed by atoms with E-state index in [0.717, 1.165) is 12.8 Å². The molecule has 6 heteroatoms. The lowest BCUT2D eigenvalue weighted by Gasteiger charge is -2.16. The molecule has 0 aliphatic carbocycles. The summed E-state index contributed by atoms with van der Waals surface area (Å²) >= 11 is 11.8. The van der Waals surface area contributed by atoms with E-state index >= 15 is 0 Å². The molecule has 0 aromatic heterocycles. The number of carbonyl (C=O) groups is 2. The van der Waals surface area contributed by atoms with Crippen molar-refractivity contribution in [3.63, 3.8) is 0 Å². The van der Waals surface area contributed by atoms with Crippen molar-refractivity contribution in [2.75, 3.05) is 11.4 Å². The highest BCUT2D eigenvalue weighted by Crippen LogP contribution is 2.33. The van der Waals surface area contributed by atoms with Crippen LogP contribution in [0, 0.1) is 0 Å². The van der Waals surface area contributed by atoms with Gasteiger partial charge in [0.25, 0.3) is 5.91 Å². The van der Waals surface area contributed by atoms with Gasteiger partial charge in [-0.05, 0) is 31.0 Å². The summed E-state index contributed by atoms with van der Waals surface area (Å²) in [6, 6.07) is 4.13. The molecule has 0 radical (unpaired) electrons. The zero-order valence-electron chi connectivity index (χ0n) is 9.40. The minimum absolute atomic E-state index is 0.184. The Kier molecular flexibility index (Phi) is 2.72. The average molecular weight is 285 g/mol. The second-order valence-electron chi connectivity index (χ2n) is 4.44. The SMILES string of the molecule is O=C1[C@@H]2CCCN2C(=O)N1c1cc(Cl)cc(Cl)c1. The predicted octanol–water partition coefficient (Wildman–Crippen LogP) is 2.92. The molecule has 0 saturated carbocycles. The van der Waals surface area contributed by atoms with Crippen LogP contribution >= 0.6 is 23.2 Å². The van der Waals surface area contributed by atoms with E-state index < -0.39 is 0 Å². The highest BCUT2D eigenvalue weighted by atomic mass is 35.5. The quantitative estimate of drug-likeness (QED) is 0.744. The van der Waals surface area contributed by atoms with E-state index in [0.29, 0.717) is 22.3 Å². The number of urea groups is 1. The highest BCUT2D eigenvalue weighted by molar-refractivity contribution is 6.35. The summed E-state index contributed by atoms with van der Waals surface area (Å²) in [5, 5.41) is 0.815. The Bertz CT molecular complexity index is 505. The van der Waals surface area contributed by atoms with Crippen LogP contribution < -0.4 is 4.90 Å². The fourth-order valence-electron chi connectivity index (χ4n) is 2.53. The monoisotopic (exact) mass is 284 g/mol. The van der Waals surface area contributed by atoms with Crippen LogP contribution in [0.3, 0.4) is 0 Å². The Balaban J connectivity index is 2.02. The van der Waals surface area contributed by atoms with Crippen molar-refractivity contribution >= 4 is 40.8 Å². The number of rotatable bonds is 1. The van der Waals surface area contributed by atoms with Gasteiger partial charge in [-0.1, -0.05) is 23.2 Å². The second kappa shape index (κ2) is 4.14. The lowest BCUT2D eigenvalue weighted by molar-refractivity contribution is -0.119. The normalized spacial score (nSPS) is 22.9. The fourth-order valence-corrected chi connectivity index (χ4v) is 3.04. The van der Waals surface area contributed by atoms with E-state index in [9.17, 15) is 9.59 Å². The number of carbonyl (C=O) groups excluding carboxylic acids is 2. The van der Waals surface area contributed by atoms with E-state index in [1.165, 1.54) is 4.90 Å². The van der Waals surface area contributed by atoms with Gasteiger partial charge in [0.2, 0.25) is 0 Å². The molecule has 1 aromatic carbocycles. The molecule has 18 heavy (non-hydrogen) atoms. The van der Waals surface area contributed by atoms with Crippen molar-refractivity contribution in [2.45, 2.75) is 18.9 Å². The zero-order valence-corrected chi connectivity index (χ0v) is 10.9. The van der Waals surface area contributed by atoms with Crippen molar-refractivity contribution in [3.05, 3.63) is 28.2 Å². The Labute approximate surface area is 114 Å². The van der Waals surface area contributed by atoms with Crippen LogP contribution in [0.2, 0.25) is 10.0 Å². The highest BCUT2D eigenvalue weighted by Gasteiger charge is 2.48. The Morgan fingerprint density at radius 3 is 2.39 bits per heavy atom. The molecule has 4 nitrogen and oxygen atoms in total. The third-order valence-corrected chi connectivity index (χ3v) is 3.74. The van der Waals surface area contributed by atoms with Crippen LogP contribution in [0.5, 0.6) is 0 Å². The van der Waals surface area contributed by atoms with Crippen molar-refractivity contribution in [3.8, 4) is 0 Å². The maximum absolute atomic E-state index is 12.2. The maximum atomic E-state index is 12.2. The van der Waals surface area contributed by atoms with Crippen molar-refractivity contribution in [2.24, 2.45) is 0 Å². The number of nitrogens with zero attached hydrogens (tertiary/aromatic N) is 2. The predicted molar refractivity (Wildman–Crippen MR) is 69.1 cm³/mol. The number of fused-ring (bicyclic) bond motifs is 1. The topological polar surface area (TPSA) is 40.6 Å². The number of amides is 3. The molecule has 94 valence electrons. The van der Waals surface area contributed by atoms with Crippen LogP contribution in [0.4, 0.5) is 10.5 Å². The standard InChI is InChI=1S/C12H10Cl2N2O2/c13-7-4-8(14)6-9(5-7)16-11(17)10-2-1-3-15(10)12(16)18/h4-6,10H,1-3H2/t10-/m0/s1. The van der Waals surface area contributed by atoms with Gasteiger partial charge in [0.15, 0.2) is 0 Å². The fraction of sp³-hybridized carbons (Fsp3) is 0.333. The molecular weight excluding hydrogens is 275 g/mol. The molecule has 0 unspecified atom stereocenters. The summed E-state index contributed by atoms with van der Waals surface area (Å²) in [4.78, 5) is 27.1. The van der Waals surface area contributed by atoms with E-state index in [1.807, 2.05) is 0 Å². The molecule has 2 fully saturated rings. The van der Waals surface area contributed by atoms with E-state index in [2.05, 4.69) is 0 Å². The smallest absolute Gasteiger partial charge is 0.312 e. The number of hydrogen-bond acceptors (Lipinski definition) is 2. The Morgan fingerprint density at radius 1 is 1.11 bits per heavy atom. The number of benzene rings is 1. The van der Waals surface area contributed by atoms with Gasteiger partial charge in [0.1, 0.15) is 6.04 Å². The molecule has 0 N–H and O–H groups in total. The minimum atomic E-state index is -0.310. The summed E-state index contributed by atoms with van der Waals surface area (Å²) in [5.41, 5.74) is 0.442. The number of halogens is 2. The van der Waals surface area contributed by atoms with Gasteiger partial charge in [-0.15, -0.1) is 0 Å². The minimum Gasteiger partial charge on any atom is -0.312 e. The number of hydrogen-bond donors (Lipinski definition) is 0. The van der Waals surface area contributed by atoms with Crippen LogP contribution in [0.1, 0.15) is 12.8 Å². The van der Waals surface area contributed by atoms with Gasteiger partial charge in [0, 0.05) is 16.6 Å². The number of imide groups is 1. The maximum Gasteiger partial charge on any atom is 0.332 e. The molecule has 3 amide bonds. The molecule has 2 saturated heterocycles. The summed E-state index contributed by atoms with van der Waals surface area (Å²) in [7, 11) is 0. The first-order valence-electron chi connectivity index (χ1n) is 5.68. The molecule has 2 aliphatic heterocycles. The first-order chi connectivity index (χ1) is 8.58. The molecule has 3 rings (SSSR count). The second-order valence-corrected chi connectivity index (χ2v) is 5.31. The summed E-state index contributed by atoms with van der Waals surface area (Å²) < 4.78 is 0. The molecule has 0 bridgehead atoms. The van der Waals surface area contributed by atoms with Gasteiger partial charge in [-0.25, -0.2) is 9.69 Å². The van der Waals surface area contributed by atoms with Crippen LogP contribution in [-0.4, -0.2) is 29.4 Å². The third kappa shape index (κ3) is 1.68. The molecular formula is C12H10Cl2N2O2. The molecule has 0 spiro atoms. The van der Waals surface area contributed by atoms with E-state index in [1.54, 1.807) is 23.1 Å². The van der Waals surface area contributed by atoms with Gasteiger partial charge in [-0.2, -0.15) is 0 Å². The van der Waals surface area contributed by atoms with Gasteiger partial charge in [-0.3, -0.25) is 4.79 Å². The number of anilines is 1. The lowest BCUT2D eigenvalue weighted by Crippen LogP contribution is -2.33. The molecule has 1 aromatic rings. The van der Waals surface area contributed by atoms with Gasteiger partial charge >= 0.3 is 6.03 Å². The van der Waals surface area contributed by atoms with Crippen LogP contribution in [0.25, 0.3) is 0 Å². The summed E-state index contributed by atoms with van der Waals surface area (Å²) in [5.74, 6) is -0.184. The zero-order chi connectivity index (χ0) is 12.9. The molecule has 2 heterocycles. The first-order valence-corrected chi connectivity index (χ1v) is 6.44. The van der Waals surface area contributed by atoms with E-state index in [4.69, 9.17) is 23.2 Å². The van der Waals surface area contributed by atoms with Crippen LogP contribution in [-0.2, 0) is 4.79 Å². The largest absolute Gasteiger partial charge is 0.332 e. The molecule has 2 aliphatic rings. The Hall–Kier alpha value is -1.26. The van der Waals surface area contributed by atoms with Crippen LogP contribution in [0.15, 0.2) is 18.2 Å². The lowest BCUT2D eigenvalue weighted by atomic mass is 10.2. The molecule has 1 atom stereocenters.